The standard InChI is InChI=1S/C21H32N4O2/c1-2-23-21(25-11-6-7-16(15-25)13-19(22)26)24-14-18-10-12-27-20(18)17-8-4-3-5-9-17/h3-5,8-9,16,18,20H,2,6-7,10-15H2,1H3,(H2,22,26)(H,23,24). The quantitative estimate of drug-likeness (QED) is 0.593. The van der Waals surface area contributed by atoms with Crippen molar-refractivity contribution in [2.45, 2.75) is 38.7 Å². The lowest BCUT2D eigenvalue weighted by molar-refractivity contribution is -0.119. The van der Waals surface area contributed by atoms with E-state index in [4.69, 9.17) is 15.5 Å². The van der Waals surface area contributed by atoms with Crippen molar-refractivity contribution in [3.05, 3.63) is 35.9 Å². The molecule has 2 heterocycles. The van der Waals surface area contributed by atoms with Crippen molar-refractivity contribution in [3.8, 4) is 0 Å². The highest BCUT2D eigenvalue weighted by Gasteiger charge is 2.30. The molecule has 27 heavy (non-hydrogen) atoms. The van der Waals surface area contributed by atoms with Crippen molar-refractivity contribution in [1.82, 2.24) is 10.2 Å². The van der Waals surface area contributed by atoms with Gasteiger partial charge in [0.2, 0.25) is 5.91 Å². The molecule has 0 saturated carbocycles. The van der Waals surface area contributed by atoms with E-state index in [1.807, 2.05) is 6.07 Å². The van der Waals surface area contributed by atoms with E-state index in [1.54, 1.807) is 0 Å². The molecule has 0 aromatic heterocycles. The SMILES string of the molecule is CCNC(=NCC1CCOC1c1ccccc1)N1CCCC(CC(N)=O)C1. The van der Waals surface area contributed by atoms with E-state index in [9.17, 15) is 4.79 Å². The van der Waals surface area contributed by atoms with Crippen LogP contribution in [0.2, 0.25) is 0 Å². The smallest absolute Gasteiger partial charge is 0.217 e. The Hall–Kier alpha value is -2.08. The first kappa shape index (κ1) is 19.7. The van der Waals surface area contributed by atoms with Crippen molar-refractivity contribution in [3.63, 3.8) is 0 Å². The van der Waals surface area contributed by atoms with E-state index >= 15 is 0 Å². The number of primary amides is 1. The van der Waals surface area contributed by atoms with Crippen LogP contribution in [0.5, 0.6) is 0 Å². The molecule has 3 unspecified atom stereocenters. The number of aliphatic imine (C=N–C) groups is 1. The molecular weight excluding hydrogens is 340 g/mol. The van der Waals surface area contributed by atoms with Gasteiger partial charge < -0.3 is 20.7 Å². The Labute approximate surface area is 162 Å². The Morgan fingerprint density at radius 3 is 2.89 bits per heavy atom. The summed E-state index contributed by atoms with van der Waals surface area (Å²) in [6.45, 7) is 6.28. The van der Waals surface area contributed by atoms with Crippen LogP contribution in [0.1, 0.15) is 44.3 Å². The van der Waals surface area contributed by atoms with Gasteiger partial charge in [0, 0.05) is 45.1 Å². The third-order valence-corrected chi connectivity index (χ3v) is 5.46. The third kappa shape index (κ3) is 5.45. The molecule has 0 bridgehead atoms. The Kier molecular flexibility index (Phi) is 7.10. The average molecular weight is 373 g/mol. The molecular formula is C21H32N4O2. The number of likely N-dealkylation sites (tertiary alicyclic amines) is 1. The third-order valence-electron chi connectivity index (χ3n) is 5.46. The number of rotatable bonds is 6. The van der Waals surface area contributed by atoms with Crippen LogP contribution in [0.25, 0.3) is 0 Å². The lowest BCUT2D eigenvalue weighted by Gasteiger charge is -2.35. The number of piperidine rings is 1. The summed E-state index contributed by atoms with van der Waals surface area (Å²) >= 11 is 0. The van der Waals surface area contributed by atoms with Gasteiger partial charge in [-0.25, -0.2) is 0 Å². The minimum atomic E-state index is -0.211. The highest BCUT2D eigenvalue weighted by atomic mass is 16.5. The second kappa shape index (κ2) is 9.74. The van der Waals surface area contributed by atoms with E-state index in [1.165, 1.54) is 5.56 Å². The van der Waals surface area contributed by atoms with Crippen molar-refractivity contribution < 1.29 is 9.53 Å². The van der Waals surface area contributed by atoms with E-state index in [-0.39, 0.29) is 12.0 Å². The first-order valence-corrected chi connectivity index (χ1v) is 10.2. The minimum absolute atomic E-state index is 0.127. The van der Waals surface area contributed by atoms with Gasteiger partial charge in [0.25, 0.3) is 0 Å². The molecule has 6 nitrogen and oxygen atoms in total. The van der Waals surface area contributed by atoms with Gasteiger partial charge in [0.05, 0.1) is 6.10 Å². The van der Waals surface area contributed by atoms with Crippen LogP contribution in [0.3, 0.4) is 0 Å². The number of nitrogens with zero attached hydrogens (tertiary/aromatic N) is 2. The van der Waals surface area contributed by atoms with Crippen molar-refractivity contribution >= 4 is 11.9 Å². The molecule has 2 fully saturated rings. The Balaban J connectivity index is 1.65. The molecule has 0 radical (unpaired) electrons. The summed E-state index contributed by atoms with van der Waals surface area (Å²) in [4.78, 5) is 18.5. The summed E-state index contributed by atoms with van der Waals surface area (Å²) in [6.07, 6.45) is 3.75. The molecule has 1 aromatic carbocycles. The maximum absolute atomic E-state index is 11.3. The topological polar surface area (TPSA) is 80.0 Å². The molecule has 3 rings (SSSR count). The van der Waals surface area contributed by atoms with Crippen LogP contribution in [-0.4, -0.2) is 49.6 Å². The average Bonchev–Trinajstić information content (AvgIpc) is 3.14. The van der Waals surface area contributed by atoms with E-state index < -0.39 is 0 Å². The van der Waals surface area contributed by atoms with Crippen LogP contribution in [0.15, 0.2) is 35.3 Å². The fourth-order valence-electron chi connectivity index (χ4n) is 4.17. The first-order chi connectivity index (χ1) is 13.2. The second-order valence-corrected chi connectivity index (χ2v) is 7.57. The Bertz CT molecular complexity index is 634. The van der Waals surface area contributed by atoms with E-state index in [2.05, 4.69) is 41.4 Å². The molecule has 3 N–H and O–H groups in total. The van der Waals surface area contributed by atoms with Crippen LogP contribution < -0.4 is 11.1 Å². The highest BCUT2D eigenvalue weighted by Crippen LogP contribution is 2.34. The Morgan fingerprint density at radius 1 is 1.33 bits per heavy atom. The van der Waals surface area contributed by atoms with Crippen molar-refractivity contribution in [2.75, 3.05) is 32.8 Å². The molecule has 6 heteroatoms. The van der Waals surface area contributed by atoms with Gasteiger partial charge in [0.15, 0.2) is 5.96 Å². The van der Waals surface area contributed by atoms with Crippen LogP contribution in [0, 0.1) is 11.8 Å². The molecule has 3 atom stereocenters. The summed E-state index contributed by atoms with van der Waals surface area (Å²) in [6, 6.07) is 10.4. The van der Waals surface area contributed by atoms with Gasteiger partial charge in [-0.05, 0) is 37.7 Å². The predicted molar refractivity (Wildman–Crippen MR) is 107 cm³/mol. The van der Waals surface area contributed by atoms with Crippen LogP contribution in [0.4, 0.5) is 0 Å². The van der Waals surface area contributed by atoms with Gasteiger partial charge in [0.1, 0.15) is 0 Å². The number of amides is 1. The number of benzene rings is 1. The molecule has 2 aliphatic heterocycles. The zero-order valence-electron chi connectivity index (χ0n) is 16.3. The summed E-state index contributed by atoms with van der Waals surface area (Å²) in [7, 11) is 0. The van der Waals surface area contributed by atoms with Crippen LogP contribution >= 0.6 is 0 Å². The van der Waals surface area contributed by atoms with Gasteiger partial charge in [-0.1, -0.05) is 30.3 Å². The second-order valence-electron chi connectivity index (χ2n) is 7.57. The number of carbonyl (C=O) groups is 1. The maximum atomic E-state index is 11.3. The monoisotopic (exact) mass is 372 g/mol. The summed E-state index contributed by atoms with van der Waals surface area (Å²) in [5.74, 6) is 1.46. The van der Waals surface area contributed by atoms with Gasteiger partial charge in [-0.15, -0.1) is 0 Å². The zero-order valence-corrected chi connectivity index (χ0v) is 16.3. The Morgan fingerprint density at radius 2 is 2.15 bits per heavy atom. The lowest BCUT2D eigenvalue weighted by Crippen LogP contribution is -2.47. The van der Waals surface area contributed by atoms with Crippen molar-refractivity contribution in [1.29, 1.82) is 0 Å². The van der Waals surface area contributed by atoms with Crippen LogP contribution in [-0.2, 0) is 9.53 Å². The van der Waals surface area contributed by atoms with E-state index in [0.717, 1.165) is 58.0 Å². The number of guanidine groups is 1. The summed E-state index contributed by atoms with van der Waals surface area (Å²) in [5, 5.41) is 3.42. The summed E-state index contributed by atoms with van der Waals surface area (Å²) in [5.41, 5.74) is 6.63. The molecule has 1 amide bonds. The normalized spacial score (nSPS) is 26.2. The first-order valence-electron chi connectivity index (χ1n) is 10.2. The number of nitrogens with two attached hydrogens (primary N) is 1. The fourth-order valence-corrected chi connectivity index (χ4v) is 4.17. The molecule has 1 aromatic rings. The van der Waals surface area contributed by atoms with Crippen molar-refractivity contribution in [2.24, 2.45) is 22.6 Å². The fraction of sp³-hybridized carbons (Fsp3) is 0.619. The highest BCUT2D eigenvalue weighted by molar-refractivity contribution is 5.80. The number of ether oxygens (including phenoxy) is 1. The number of carbonyl (C=O) groups excluding carboxylic acids is 1. The maximum Gasteiger partial charge on any atom is 0.217 e. The molecule has 2 saturated heterocycles. The number of hydrogen-bond donors (Lipinski definition) is 2. The predicted octanol–water partition coefficient (Wildman–Crippen LogP) is 2.32. The lowest BCUT2D eigenvalue weighted by atomic mass is 9.94. The van der Waals surface area contributed by atoms with E-state index in [0.29, 0.717) is 18.3 Å². The van der Waals surface area contributed by atoms with Gasteiger partial charge in [-0.2, -0.15) is 0 Å². The number of nitrogens with one attached hydrogen (secondary N) is 1. The molecule has 148 valence electrons. The minimum Gasteiger partial charge on any atom is -0.373 e. The largest absolute Gasteiger partial charge is 0.373 e. The van der Waals surface area contributed by atoms with Gasteiger partial charge >= 0.3 is 0 Å². The van der Waals surface area contributed by atoms with Gasteiger partial charge in [-0.3, -0.25) is 9.79 Å². The zero-order chi connectivity index (χ0) is 19.1. The number of hydrogen-bond acceptors (Lipinski definition) is 3. The molecule has 2 aliphatic rings. The molecule has 0 spiro atoms. The molecule has 0 aliphatic carbocycles. The summed E-state index contributed by atoms with van der Waals surface area (Å²) < 4.78 is 6.00.